The first-order valence-electron chi connectivity index (χ1n) is 12.2. The molecule has 0 aliphatic carbocycles. The van der Waals surface area contributed by atoms with Gasteiger partial charge in [-0.15, -0.1) is 0 Å². The fraction of sp³-hybridized carbons (Fsp3) is 0.103. The third-order valence-electron chi connectivity index (χ3n) is 5.78. The van der Waals surface area contributed by atoms with Crippen molar-refractivity contribution in [2.45, 2.75) is 0 Å². The molecule has 14 heteroatoms. The summed E-state index contributed by atoms with van der Waals surface area (Å²) in [4.78, 5) is 29.0. The minimum absolute atomic E-state index is 0.0607. The molecule has 0 atom stereocenters. The van der Waals surface area contributed by atoms with Gasteiger partial charge in [0.15, 0.2) is 23.0 Å². The van der Waals surface area contributed by atoms with Gasteiger partial charge in [-0.1, -0.05) is 6.07 Å². The maximum Gasteiger partial charge on any atom is 0.335 e. The quantitative estimate of drug-likeness (QED) is 0.142. The molecule has 0 fully saturated rings. The van der Waals surface area contributed by atoms with Gasteiger partial charge < -0.3 is 39.8 Å². The van der Waals surface area contributed by atoms with Crippen molar-refractivity contribution in [1.29, 1.82) is 5.41 Å². The average molecular weight is 595 g/mol. The molecule has 1 aromatic heterocycles. The molecule has 1 amide bonds. The molecule has 4 aromatic rings. The second kappa shape index (κ2) is 12.3. The van der Waals surface area contributed by atoms with Crippen molar-refractivity contribution < 1.29 is 47.5 Å². The van der Waals surface area contributed by atoms with Gasteiger partial charge >= 0.3 is 5.97 Å². The van der Waals surface area contributed by atoms with Gasteiger partial charge in [0.25, 0.3) is 17.7 Å². The molecule has 3 aromatic carbocycles. The number of ether oxygens (including phenoxy) is 4. The largest absolute Gasteiger partial charge is 0.504 e. The Bertz CT molecular complexity index is 1750. The minimum atomic E-state index is -1.50. The molecule has 1 heterocycles. The lowest BCUT2D eigenvalue weighted by Gasteiger charge is -2.17. The summed E-state index contributed by atoms with van der Waals surface area (Å²) in [5, 5.41) is 27.3. The van der Waals surface area contributed by atoms with Gasteiger partial charge in [-0.3, -0.25) is 10.2 Å². The van der Waals surface area contributed by atoms with E-state index in [4.69, 9.17) is 30.1 Å². The van der Waals surface area contributed by atoms with Crippen molar-refractivity contribution in [3.05, 3.63) is 89.0 Å². The number of carbonyl (C=O) groups excluding carboxylic acids is 1. The molecule has 43 heavy (non-hydrogen) atoms. The number of nitrogen functional groups attached to an aromatic ring is 1. The van der Waals surface area contributed by atoms with Crippen molar-refractivity contribution in [2.75, 3.05) is 21.2 Å². The van der Waals surface area contributed by atoms with Gasteiger partial charge in [0.1, 0.15) is 11.6 Å². The van der Waals surface area contributed by atoms with E-state index in [1.165, 1.54) is 68.6 Å². The first-order valence-corrected chi connectivity index (χ1v) is 12.2. The molecule has 222 valence electrons. The monoisotopic (exact) mass is 594 g/mol. The summed E-state index contributed by atoms with van der Waals surface area (Å²) in [7, 11) is 4.31. The maximum absolute atomic E-state index is 15.8. The number of amides is 1. The van der Waals surface area contributed by atoms with E-state index >= 15 is 8.78 Å². The van der Waals surface area contributed by atoms with Crippen LogP contribution in [-0.2, 0) is 0 Å². The second-order valence-corrected chi connectivity index (χ2v) is 8.98. The molecule has 0 radical (unpaired) electrons. The van der Waals surface area contributed by atoms with Crippen LogP contribution in [0.5, 0.6) is 46.3 Å². The van der Waals surface area contributed by atoms with E-state index in [1.54, 1.807) is 0 Å². The summed E-state index contributed by atoms with van der Waals surface area (Å²) in [6.45, 7) is 0. The predicted octanol–water partition coefficient (Wildman–Crippen LogP) is 5.13. The molecule has 5 N–H and O–H groups in total. The van der Waals surface area contributed by atoms with Crippen LogP contribution in [0.1, 0.15) is 26.3 Å². The van der Waals surface area contributed by atoms with Gasteiger partial charge in [0.2, 0.25) is 17.4 Å². The van der Waals surface area contributed by atoms with Gasteiger partial charge in [-0.05, 0) is 54.6 Å². The van der Waals surface area contributed by atoms with Crippen LogP contribution in [0, 0.1) is 17.0 Å². The number of aromatic carboxylic acids is 1. The van der Waals surface area contributed by atoms with E-state index in [1.807, 2.05) is 0 Å². The Labute approximate surface area is 242 Å². The average Bonchev–Trinajstić information content (AvgIpc) is 2.98. The predicted molar refractivity (Wildman–Crippen MR) is 148 cm³/mol. The minimum Gasteiger partial charge on any atom is -0.504 e. The van der Waals surface area contributed by atoms with Crippen LogP contribution in [-0.4, -0.2) is 59.0 Å². The highest BCUT2D eigenvalue weighted by molar-refractivity contribution is 5.95. The summed E-state index contributed by atoms with van der Waals surface area (Å²) in [6, 6.07) is 12.6. The Morgan fingerprint density at radius 2 is 1.51 bits per heavy atom. The lowest BCUT2D eigenvalue weighted by atomic mass is 10.2. The highest BCUT2D eigenvalue weighted by Crippen LogP contribution is 2.43. The number of amidine groups is 1. The van der Waals surface area contributed by atoms with Crippen molar-refractivity contribution in [2.24, 2.45) is 5.73 Å². The van der Waals surface area contributed by atoms with Crippen LogP contribution in [0.3, 0.4) is 0 Å². The number of aromatic hydroxyl groups is 1. The summed E-state index contributed by atoms with van der Waals surface area (Å²) < 4.78 is 53.3. The number of nitrogens with zero attached hydrogens (tertiary/aromatic N) is 2. The Hall–Kier alpha value is -5.92. The maximum atomic E-state index is 15.8. The fourth-order valence-corrected chi connectivity index (χ4v) is 3.64. The zero-order valence-electron chi connectivity index (χ0n) is 22.8. The number of carbonyl (C=O) groups is 2. The molecule has 0 unspecified atom stereocenters. The molecule has 12 nitrogen and oxygen atoms in total. The number of pyridine rings is 1. The van der Waals surface area contributed by atoms with E-state index in [2.05, 4.69) is 4.98 Å². The van der Waals surface area contributed by atoms with Gasteiger partial charge in [0.05, 0.1) is 12.7 Å². The number of phenols is 1. The summed E-state index contributed by atoms with van der Waals surface area (Å²) >= 11 is 0. The molecular formula is C29H24F2N4O8. The Morgan fingerprint density at radius 3 is 2.14 bits per heavy atom. The lowest BCUT2D eigenvalue weighted by Crippen LogP contribution is -2.21. The van der Waals surface area contributed by atoms with Crippen molar-refractivity contribution in [1.82, 2.24) is 9.88 Å². The number of carboxylic acids is 1. The summed E-state index contributed by atoms with van der Waals surface area (Å²) in [5.41, 5.74) is 5.53. The third-order valence-corrected chi connectivity index (χ3v) is 5.78. The van der Waals surface area contributed by atoms with Gasteiger partial charge in [-0.2, -0.15) is 13.8 Å². The number of rotatable bonds is 10. The summed E-state index contributed by atoms with van der Waals surface area (Å²) in [5.74, 6) is -9.38. The smallest absolute Gasteiger partial charge is 0.335 e. The number of halogens is 2. The third kappa shape index (κ3) is 6.53. The second-order valence-electron chi connectivity index (χ2n) is 8.98. The number of carboxylic acid groups (broad SMARTS) is 1. The van der Waals surface area contributed by atoms with E-state index < -0.39 is 46.6 Å². The number of hydrogen-bond acceptors (Lipinski definition) is 9. The molecule has 0 aliphatic rings. The number of benzene rings is 3. The van der Waals surface area contributed by atoms with Crippen LogP contribution >= 0.6 is 0 Å². The molecule has 0 bridgehead atoms. The van der Waals surface area contributed by atoms with E-state index in [0.29, 0.717) is 0 Å². The van der Waals surface area contributed by atoms with Gasteiger partial charge in [0, 0.05) is 25.2 Å². The standard InChI is InChI=1S/C29H24F2N4O8/c1-35(2)28(37)15-5-4-6-17(11-15)41-26-22(30)24(42-21-13-16(29(38)39)8-10-19(21)40-3)23(31)27(34-26)43-20-12-14(25(32)33)7-9-18(20)36/h4-13,36H,1-3H3,(H3,32,33)(H,38,39). The normalized spacial score (nSPS) is 10.5. The number of nitrogens with one attached hydrogen (secondary N) is 1. The number of methoxy groups -OCH3 is 1. The van der Waals surface area contributed by atoms with E-state index in [-0.39, 0.29) is 45.7 Å². The number of hydrogen-bond donors (Lipinski definition) is 4. The molecular weight excluding hydrogens is 570 g/mol. The molecule has 0 saturated heterocycles. The first-order chi connectivity index (χ1) is 20.4. The van der Waals surface area contributed by atoms with Crippen LogP contribution in [0.4, 0.5) is 8.78 Å². The number of nitrogens with two attached hydrogens (primary N) is 1. The molecule has 0 saturated carbocycles. The van der Waals surface area contributed by atoms with Crippen LogP contribution in [0.25, 0.3) is 0 Å². The van der Waals surface area contributed by atoms with Crippen molar-refractivity contribution in [3.8, 4) is 46.3 Å². The Morgan fingerprint density at radius 1 is 0.860 bits per heavy atom. The molecule has 0 spiro atoms. The van der Waals surface area contributed by atoms with Crippen LogP contribution in [0.2, 0.25) is 0 Å². The fourth-order valence-electron chi connectivity index (χ4n) is 3.64. The number of aromatic nitrogens is 1. The van der Waals surface area contributed by atoms with Crippen LogP contribution < -0.4 is 24.7 Å². The molecule has 0 aliphatic heterocycles. The van der Waals surface area contributed by atoms with Crippen molar-refractivity contribution >= 4 is 17.7 Å². The first kappa shape index (κ1) is 30.0. The van der Waals surface area contributed by atoms with Gasteiger partial charge in [-0.25, -0.2) is 4.79 Å². The van der Waals surface area contributed by atoms with E-state index in [0.717, 1.165) is 18.2 Å². The summed E-state index contributed by atoms with van der Waals surface area (Å²) in [6.07, 6.45) is 0. The molecule has 4 rings (SSSR count). The highest BCUT2D eigenvalue weighted by atomic mass is 19.1. The number of phenolic OH excluding ortho intramolecular Hbond substituents is 1. The van der Waals surface area contributed by atoms with Crippen LogP contribution in [0.15, 0.2) is 60.7 Å². The zero-order valence-corrected chi connectivity index (χ0v) is 22.8. The zero-order chi connectivity index (χ0) is 31.4. The van der Waals surface area contributed by atoms with Crippen molar-refractivity contribution in [3.63, 3.8) is 0 Å². The lowest BCUT2D eigenvalue weighted by molar-refractivity contribution is 0.0696. The SMILES string of the molecule is COc1ccc(C(=O)O)cc1Oc1c(F)c(Oc2cccc(C(=O)N(C)C)c2)nc(Oc2cc(C(=N)N)ccc2O)c1F. The Kier molecular flexibility index (Phi) is 8.60. The topological polar surface area (TPSA) is 178 Å². The van der Waals surface area contributed by atoms with E-state index in [9.17, 15) is 19.8 Å². The Balaban J connectivity index is 1.86. The highest BCUT2D eigenvalue weighted by Gasteiger charge is 2.28.